The van der Waals surface area contributed by atoms with Crippen molar-refractivity contribution < 1.29 is 22.3 Å². The van der Waals surface area contributed by atoms with Crippen LogP contribution in [0.5, 0.6) is 0 Å². The first-order chi connectivity index (χ1) is 20.2. The lowest BCUT2D eigenvalue weighted by Gasteiger charge is -2.41. The molecule has 12 heteroatoms. The van der Waals surface area contributed by atoms with E-state index in [9.17, 15) is 13.2 Å². The number of nitrogens with one attached hydrogen (secondary N) is 3. The van der Waals surface area contributed by atoms with Gasteiger partial charge in [-0.05, 0) is 55.5 Å². The Morgan fingerprint density at radius 1 is 1.10 bits per heavy atom. The molecule has 0 saturated carbocycles. The third-order valence-corrected chi connectivity index (χ3v) is 11.1. The van der Waals surface area contributed by atoms with Gasteiger partial charge in [0.05, 0.1) is 29.0 Å². The lowest BCUT2D eigenvalue weighted by Crippen LogP contribution is -2.63. The standard InChI is InChI=1S/C30H35ClFN5O4S/c31-22-8-6-21(7-9-22)29(12-16-41-17-13-29)27(33)28(38)37-26-19-35-18-25(32)24(26)10-11-30(20-34-14-15-36-30)42(39,40)23-4-2-1-3-5-23/h1-9,18-19,27,34,36H,10-17,20,33H2,(H,37,38)/t27-,30+/m1/s1. The fraction of sp³-hybridized carbons (Fsp3) is 0.400. The molecule has 1 aromatic heterocycles. The molecule has 5 rings (SSSR count). The van der Waals surface area contributed by atoms with Gasteiger partial charge in [0.2, 0.25) is 5.91 Å². The van der Waals surface area contributed by atoms with Crippen LogP contribution in [0.4, 0.5) is 10.1 Å². The molecule has 2 aliphatic rings. The zero-order chi connectivity index (χ0) is 29.8. The van der Waals surface area contributed by atoms with Gasteiger partial charge in [0.15, 0.2) is 9.84 Å². The van der Waals surface area contributed by atoms with E-state index >= 15 is 4.39 Å². The van der Waals surface area contributed by atoms with Crippen molar-refractivity contribution in [2.75, 3.05) is 38.2 Å². The van der Waals surface area contributed by atoms with E-state index in [4.69, 9.17) is 22.1 Å². The number of pyridine rings is 1. The van der Waals surface area contributed by atoms with E-state index < -0.39 is 37.9 Å². The first kappa shape index (κ1) is 30.5. The van der Waals surface area contributed by atoms with E-state index in [2.05, 4.69) is 20.9 Å². The fourth-order valence-electron chi connectivity index (χ4n) is 5.97. The van der Waals surface area contributed by atoms with Gasteiger partial charge in [-0.1, -0.05) is 41.9 Å². The van der Waals surface area contributed by atoms with Crippen LogP contribution in [0.1, 0.15) is 30.4 Å². The number of nitrogens with zero attached hydrogens (tertiary/aromatic N) is 1. The average molecular weight is 616 g/mol. The van der Waals surface area contributed by atoms with Crippen LogP contribution in [0.25, 0.3) is 0 Å². The minimum atomic E-state index is -3.85. The van der Waals surface area contributed by atoms with Gasteiger partial charge >= 0.3 is 0 Å². The van der Waals surface area contributed by atoms with Crippen molar-refractivity contribution in [2.24, 2.45) is 5.73 Å². The maximum atomic E-state index is 15.3. The van der Waals surface area contributed by atoms with Crippen molar-refractivity contribution >= 4 is 33.0 Å². The monoisotopic (exact) mass is 615 g/mol. The molecule has 42 heavy (non-hydrogen) atoms. The highest BCUT2D eigenvalue weighted by Crippen LogP contribution is 2.39. The number of ether oxygens (including phenoxy) is 1. The van der Waals surface area contributed by atoms with Crippen LogP contribution in [0.15, 0.2) is 71.9 Å². The van der Waals surface area contributed by atoms with Gasteiger partial charge in [-0.25, -0.2) is 12.8 Å². The number of rotatable bonds is 9. The molecule has 3 heterocycles. The van der Waals surface area contributed by atoms with Crippen LogP contribution in [0, 0.1) is 5.82 Å². The third kappa shape index (κ3) is 5.95. The smallest absolute Gasteiger partial charge is 0.242 e. The molecule has 2 atom stereocenters. The lowest BCUT2D eigenvalue weighted by molar-refractivity contribution is -0.120. The molecule has 5 N–H and O–H groups in total. The predicted octanol–water partition coefficient (Wildman–Crippen LogP) is 3.18. The number of piperazine rings is 1. The van der Waals surface area contributed by atoms with Crippen molar-refractivity contribution in [2.45, 2.75) is 46.9 Å². The Morgan fingerprint density at radius 2 is 1.81 bits per heavy atom. The molecule has 0 bridgehead atoms. The zero-order valence-corrected chi connectivity index (χ0v) is 24.7. The fourth-order valence-corrected chi connectivity index (χ4v) is 8.01. The first-order valence-corrected chi connectivity index (χ1v) is 15.8. The van der Waals surface area contributed by atoms with Crippen molar-refractivity contribution in [3.8, 4) is 0 Å². The highest BCUT2D eigenvalue weighted by atomic mass is 35.5. The summed E-state index contributed by atoms with van der Waals surface area (Å²) in [6.45, 7) is 2.06. The highest BCUT2D eigenvalue weighted by Gasteiger charge is 2.46. The summed E-state index contributed by atoms with van der Waals surface area (Å²) in [5, 5.41) is 9.74. The molecule has 9 nitrogen and oxygen atoms in total. The van der Waals surface area contributed by atoms with Gasteiger partial charge in [0.1, 0.15) is 10.7 Å². The number of nitrogens with two attached hydrogens (primary N) is 1. The minimum Gasteiger partial charge on any atom is -0.381 e. The van der Waals surface area contributed by atoms with Crippen LogP contribution in [0.3, 0.4) is 0 Å². The van der Waals surface area contributed by atoms with Gasteiger partial charge in [-0.3, -0.25) is 15.1 Å². The summed E-state index contributed by atoms with van der Waals surface area (Å²) in [5.41, 5.74) is 7.14. The predicted molar refractivity (Wildman–Crippen MR) is 160 cm³/mol. The number of halogens is 2. The molecule has 2 aromatic carbocycles. The maximum Gasteiger partial charge on any atom is 0.242 e. The quantitative estimate of drug-likeness (QED) is 0.288. The van der Waals surface area contributed by atoms with Crippen LogP contribution < -0.4 is 21.7 Å². The second kappa shape index (κ2) is 12.7. The number of benzene rings is 2. The Balaban J connectivity index is 1.41. The number of hydrogen-bond donors (Lipinski definition) is 4. The molecule has 2 saturated heterocycles. The number of aromatic nitrogens is 1. The summed E-state index contributed by atoms with van der Waals surface area (Å²) in [6, 6.07) is 14.5. The van der Waals surface area contributed by atoms with Crippen molar-refractivity contribution in [1.29, 1.82) is 0 Å². The Kier molecular flexibility index (Phi) is 9.26. The van der Waals surface area contributed by atoms with Crippen molar-refractivity contribution in [3.05, 3.63) is 89.0 Å². The Morgan fingerprint density at radius 3 is 2.48 bits per heavy atom. The number of carbonyl (C=O) groups is 1. The largest absolute Gasteiger partial charge is 0.381 e. The van der Waals surface area contributed by atoms with Gasteiger partial charge in [0.25, 0.3) is 0 Å². The molecule has 2 fully saturated rings. The van der Waals surface area contributed by atoms with E-state index in [1.807, 2.05) is 12.1 Å². The summed E-state index contributed by atoms with van der Waals surface area (Å²) in [6.07, 6.45) is 3.55. The van der Waals surface area contributed by atoms with Crippen LogP contribution in [-0.2, 0) is 31.2 Å². The molecular weight excluding hydrogens is 581 g/mol. The van der Waals surface area contributed by atoms with Crippen molar-refractivity contribution in [3.63, 3.8) is 0 Å². The molecule has 0 spiro atoms. The second-order valence-corrected chi connectivity index (χ2v) is 13.5. The molecule has 2 aliphatic heterocycles. The number of anilines is 1. The molecular formula is C30H35ClFN5O4S. The molecule has 0 unspecified atom stereocenters. The number of carbonyl (C=O) groups excluding carboxylic acids is 1. The van der Waals surface area contributed by atoms with Crippen LogP contribution in [-0.4, -0.2) is 63.1 Å². The third-order valence-electron chi connectivity index (χ3n) is 8.45. The number of hydrogen-bond acceptors (Lipinski definition) is 8. The van der Waals surface area contributed by atoms with Crippen LogP contribution >= 0.6 is 11.6 Å². The molecule has 0 aliphatic carbocycles. The van der Waals surface area contributed by atoms with E-state index in [1.165, 1.54) is 6.20 Å². The summed E-state index contributed by atoms with van der Waals surface area (Å²) < 4.78 is 48.5. The SMILES string of the molecule is N[C@H](C(=O)Nc1cncc(F)c1CC[C@]1(S(=O)(=O)c2ccccc2)CNCCN1)C1(c2ccc(Cl)cc2)CCOCC1. The van der Waals surface area contributed by atoms with E-state index in [0.717, 1.165) is 11.8 Å². The Bertz CT molecular complexity index is 1500. The molecule has 224 valence electrons. The Hall–Kier alpha value is -2.93. The first-order valence-electron chi connectivity index (χ1n) is 14.0. The summed E-state index contributed by atoms with van der Waals surface area (Å²) in [7, 11) is -3.85. The molecule has 1 amide bonds. The lowest BCUT2D eigenvalue weighted by atomic mass is 9.68. The Labute approximate surface area is 250 Å². The second-order valence-electron chi connectivity index (χ2n) is 10.8. The van der Waals surface area contributed by atoms with Gasteiger partial charge in [-0.2, -0.15) is 0 Å². The molecule has 0 radical (unpaired) electrons. The van der Waals surface area contributed by atoms with Crippen LogP contribution in [0.2, 0.25) is 5.02 Å². The maximum absolute atomic E-state index is 15.3. The topological polar surface area (TPSA) is 135 Å². The normalized spacial score (nSPS) is 21.4. The molecule has 3 aromatic rings. The van der Waals surface area contributed by atoms with Crippen molar-refractivity contribution in [1.82, 2.24) is 15.6 Å². The van der Waals surface area contributed by atoms with Gasteiger partial charge < -0.3 is 21.1 Å². The zero-order valence-electron chi connectivity index (χ0n) is 23.1. The van der Waals surface area contributed by atoms with E-state index in [1.54, 1.807) is 42.5 Å². The van der Waals surface area contributed by atoms with Gasteiger partial charge in [-0.15, -0.1) is 0 Å². The summed E-state index contributed by atoms with van der Waals surface area (Å²) >= 11 is 6.11. The summed E-state index contributed by atoms with van der Waals surface area (Å²) in [4.78, 5) is 16.4. The van der Waals surface area contributed by atoms with E-state index in [0.29, 0.717) is 44.2 Å². The highest BCUT2D eigenvalue weighted by molar-refractivity contribution is 7.92. The van der Waals surface area contributed by atoms with Gasteiger partial charge in [0, 0.05) is 48.8 Å². The average Bonchev–Trinajstić information content (AvgIpc) is 3.02. The summed E-state index contributed by atoms with van der Waals surface area (Å²) in [5.74, 6) is -1.14. The number of sulfone groups is 1. The van der Waals surface area contributed by atoms with E-state index in [-0.39, 0.29) is 35.5 Å². The number of amides is 1. The minimum absolute atomic E-state index is 0.0239.